The number of anilines is 2. The van der Waals surface area contributed by atoms with E-state index >= 15 is 0 Å². The quantitative estimate of drug-likeness (QED) is 0.777. The normalized spacial score (nSPS) is 15.7. The molecular formula is C17H18N4O3. The Morgan fingerprint density at radius 2 is 2.04 bits per heavy atom. The molecule has 2 aromatic rings. The maximum atomic E-state index is 12.3. The molecule has 1 amide bonds. The zero-order valence-corrected chi connectivity index (χ0v) is 13.5. The monoisotopic (exact) mass is 326 g/mol. The van der Waals surface area contributed by atoms with Gasteiger partial charge in [0.1, 0.15) is 11.4 Å². The Labute approximate surface area is 138 Å². The molecule has 1 aliphatic rings. The summed E-state index contributed by atoms with van der Waals surface area (Å²) in [4.78, 5) is 43.4. The van der Waals surface area contributed by atoms with Gasteiger partial charge in [-0.3, -0.25) is 14.4 Å². The third kappa shape index (κ3) is 3.05. The van der Waals surface area contributed by atoms with Crippen LogP contribution in [0.25, 0.3) is 0 Å². The van der Waals surface area contributed by atoms with E-state index in [-0.39, 0.29) is 16.8 Å². The number of amides is 1. The largest absolute Gasteiger partial charge is 0.384 e. The van der Waals surface area contributed by atoms with Crippen molar-refractivity contribution in [1.29, 1.82) is 0 Å². The minimum absolute atomic E-state index is 0.0688. The maximum Gasteiger partial charge on any atom is 0.261 e. The molecule has 0 radical (unpaired) electrons. The zero-order valence-electron chi connectivity index (χ0n) is 13.5. The van der Waals surface area contributed by atoms with Gasteiger partial charge in [0, 0.05) is 17.7 Å². The molecule has 124 valence electrons. The summed E-state index contributed by atoms with van der Waals surface area (Å²) in [7, 11) is 0. The van der Waals surface area contributed by atoms with Crippen molar-refractivity contribution in [2.24, 2.45) is 5.41 Å². The van der Waals surface area contributed by atoms with E-state index < -0.39 is 11.5 Å². The smallest absolute Gasteiger partial charge is 0.261 e. The lowest BCUT2D eigenvalue weighted by molar-refractivity contribution is 0.0910. The average Bonchev–Trinajstić information content (AvgIpc) is 2.47. The van der Waals surface area contributed by atoms with Crippen molar-refractivity contribution in [1.82, 2.24) is 9.97 Å². The summed E-state index contributed by atoms with van der Waals surface area (Å²) in [5.74, 6) is -0.336. The van der Waals surface area contributed by atoms with Crippen LogP contribution in [0.4, 0.5) is 11.5 Å². The number of ketones is 1. The Morgan fingerprint density at radius 3 is 2.71 bits per heavy atom. The van der Waals surface area contributed by atoms with Crippen molar-refractivity contribution in [3.8, 4) is 0 Å². The SMILES string of the molecule is CC1(C)CC(=O)c2cc(C(=O)Nc3ccc(N)nc3)c(=O)[nH]c2C1. The fourth-order valence-corrected chi connectivity index (χ4v) is 2.87. The Bertz CT molecular complexity index is 882. The fourth-order valence-electron chi connectivity index (χ4n) is 2.87. The van der Waals surface area contributed by atoms with Crippen molar-refractivity contribution in [2.45, 2.75) is 26.7 Å². The highest BCUT2D eigenvalue weighted by molar-refractivity contribution is 6.06. The maximum absolute atomic E-state index is 12.3. The van der Waals surface area contributed by atoms with E-state index in [2.05, 4.69) is 15.3 Å². The number of nitrogens with two attached hydrogens (primary N) is 1. The molecule has 0 unspecified atom stereocenters. The fraction of sp³-hybridized carbons (Fsp3) is 0.294. The van der Waals surface area contributed by atoms with E-state index in [1.54, 1.807) is 6.07 Å². The van der Waals surface area contributed by atoms with Gasteiger partial charge < -0.3 is 16.0 Å². The summed E-state index contributed by atoms with van der Waals surface area (Å²) in [5, 5.41) is 2.58. The number of aromatic amines is 1. The van der Waals surface area contributed by atoms with Crippen LogP contribution in [0.3, 0.4) is 0 Å². The first-order chi connectivity index (χ1) is 11.2. The van der Waals surface area contributed by atoms with Gasteiger partial charge in [0.2, 0.25) is 0 Å². The van der Waals surface area contributed by atoms with Crippen LogP contribution in [0.5, 0.6) is 0 Å². The molecule has 7 heteroatoms. The molecule has 0 spiro atoms. The molecule has 0 saturated carbocycles. The first kappa shape index (κ1) is 15.9. The number of hydrogen-bond donors (Lipinski definition) is 3. The average molecular weight is 326 g/mol. The van der Waals surface area contributed by atoms with Gasteiger partial charge >= 0.3 is 0 Å². The van der Waals surface area contributed by atoms with Crippen molar-refractivity contribution in [3.05, 3.63) is 51.6 Å². The van der Waals surface area contributed by atoms with Crippen molar-refractivity contribution in [2.75, 3.05) is 11.1 Å². The van der Waals surface area contributed by atoms with Crippen LogP contribution in [0.15, 0.2) is 29.2 Å². The lowest BCUT2D eigenvalue weighted by Crippen LogP contribution is -2.32. The lowest BCUT2D eigenvalue weighted by atomic mass is 9.75. The molecule has 0 aliphatic heterocycles. The van der Waals surface area contributed by atoms with E-state index in [0.717, 1.165) is 0 Å². The second-order valence-corrected chi connectivity index (χ2v) is 6.77. The van der Waals surface area contributed by atoms with E-state index in [1.165, 1.54) is 18.3 Å². The number of nitrogens with zero attached hydrogens (tertiary/aromatic N) is 1. The number of carbonyl (C=O) groups is 2. The van der Waals surface area contributed by atoms with E-state index in [1.807, 2.05) is 13.8 Å². The number of Topliss-reactive ketones (excluding diaryl/α,β-unsaturated/α-hetero) is 1. The second kappa shape index (κ2) is 5.59. The zero-order chi connectivity index (χ0) is 17.5. The minimum atomic E-state index is -0.594. The summed E-state index contributed by atoms with van der Waals surface area (Å²) >= 11 is 0. The van der Waals surface area contributed by atoms with Crippen LogP contribution in [-0.4, -0.2) is 21.7 Å². The van der Waals surface area contributed by atoms with Gasteiger partial charge in [0.25, 0.3) is 11.5 Å². The first-order valence-electron chi connectivity index (χ1n) is 7.57. The van der Waals surface area contributed by atoms with Crippen LogP contribution in [0.2, 0.25) is 0 Å². The molecule has 0 fully saturated rings. The van der Waals surface area contributed by atoms with Gasteiger partial charge in [-0.15, -0.1) is 0 Å². The number of hydrogen-bond acceptors (Lipinski definition) is 5. The number of pyridine rings is 2. The predicted molar refractivity (Wildman–Crippen MR) is 90.1 cm³/mol. The molecule has 4 N–H and O–H groups in total. The number of H-pyrrole nitrogens is 1. The summed E-state index contributed by atoms with van der Waals surface area (Å²) in [6, 6.07) is 4.50. The van der Waals surface area contributed by atoms with Crippen molar-refractivity contribution >= 4 is 23.2 Å². The van der Waals surface area contributed by atoms with Gasteiger partial charge in [-0.2, -0.15) is 0 Å². The molecule has 0 aromatic carbocycles. The van der Waals surface area contributed by atoms with Gasteiger partial charge in [0.05, 0.1) is 11.9 Å². The van der Waals surface area contributed by atoms with Crippen LogP contribution in [0.1, 0.15) is 46.7 Å². The van der Waals surface area contributed by atoms with Crippen molar-refractivity contribution < 1.29 is 9.59 Å². The first-order valence-corrected chi connectivity index (χ1v) is 7.57. The summed E-state index contributed by atoms with van der Waals surface area (Å²) in [6.45, 7) is 3.95. The van der Waals surface area contributed by atoms with E-state index in [4.69, 9.17) is 5.73 Å². The molecule has 1 aliphatic carbocycles. The molecule has 3 rings (SSSR count). The molecule has 2 heterocycles. The Balaban J connectivity index is 1.93. The van der Waals surface area contributed by atoms with Gasteiger partial charge in [-0.1, -0.05) is 13.8 Å². The summed E-state index contributed by atoms with van der Waals surface area (Å²) in [5.41, 5.74) is 6.09. The van der Waals surface area contributed by atoms with Crippen LogP contribution < -0.4 is 16.6 Å². The van der Waals surface area contributed by atoms with Crippen molar-refractivity contribution in [3.63, 3.8) is 0 Å². The van der Waals surface area contributed by atoms with Gasteiger partial charge in [-0.25, -0.2) is 4.98 Å². The highest BCUT2D eigenvalue weighted by atomic mass is 16.2. The van der Waals surface area contributed by atoms with Crippen LogP contribution in [-0.2, 0) is 6.42 Å². The number of aromatic nitrogens is 2. The van der Waals surface area contributed by atoms with Gasteiger partial charge in [-0.05, 0) is 30.0 Å². The molecule has 24 heavy (non-hydrogen) atoms. The Morgan fingerprint density at radius 1 is 1.29 bits per heavy atom. The predicted octanol–water partition coefficient (Wildman–Crippen LogP) is 1.76. The molecular weight excluding hydrogens is 308 g/mol. The van der Waals surface area contributed by atoms with Crippen LogP contribution >= 0.6 is 0 Å². The number of carbonyl (C=O) groups excluding carboxylic acids is 2. The number of fused-ring (bicyclic) bond motifs is 1. The molecule has 0 atom stereocenters. The molecule has 0 bridgehead atoms. The van der Waals surface area contributed by atoms with Crippen LogP contribution in [0, 0.1) is 5.41 Å². The minimum Gasteiger partial charge on any atom is -0.384 e. The third-order valence-corrected chi connectivity index (χ3v) is 4.01. The lowest BCUT2D eigenvalue weighted by Gasteiger charge is -2.29. The molecule has 7 nitrogen and oxygen atoms in total. The Kier molecular flexibility index (Phi) is 3.71. The Hall–Kier alpha value is -2.96. The van der Waals surface area contributed by atoms with E-state index in [0.29, 0.717) is 35.6 Å². The molecule has 0 saturated heterocycles. The van der Waals surface area contributed by atoms with E-state index in [9.17, 15) is 14.4 Å². The highest BCUT2D eigenvalue weighted by Gasteiger charge is 2.32. The topological polar surface area (TPSA) is 118 Å². The number of rotatable bonds is 2. The number of nitrogen functional groups attached to an aromatic ring is 1. The number of nitrogens with one attached hydrogen (secondary N) is 2. The molecule has 2 aromatic heterocycles. The highest BCUT2D eigenvalue weighted by Crippen LogP contribution is 2.33. The standard InChI is InChI=1S/C17H18N4O3/c1-17(2)6-12-10(13(22)7-17)5-11(16(24)21-12)15(23)20-9-3-4-14(18)19-8-9/h3-5,8H,6-7H2,1-2H3,(H2,18,19)(H,20,23)(H,21,24). The van der Waals surface area contributed by atoms with Gasteiger partial charge in [0.15, 0.2) is 5.78 Å². The third-order valence-electron chi connectivity index (χ3n) is 4.01. The summed E-state index contributed by atoms with van der Waals surface area (Å²) < 4.78 is 0. The second-order valence-electron chi connectivity index (χ2n) is 6.77. The summed E-state index contributed by atoms with van der Waals surface area (Å²) in [6.07, 6.45) is 2.37.